The molecule has 0 radical (unpaired) electrons. The number of nitrogens with zero attached hydrogens (tertiary/aromatic N) is 1. The van der Waals surface area contributed by atoms with Crippen LogP contribution >= 0.6 is 0 Å². The van der Waals surface area contributed by atoms with E-state index in [4.69, 9.17) is 1.37 Å². The Labute approximate surface area is 232 Å². The standard InChI is InChI=1S/C38H24N2/c1-2-10-24(11-3-1)26-19-21-35(30-16-7-6-14-28(26)30)40-36-20-18-25-12-4-5-13-27(25)38(36)32-22-31-29-15-8-9-17-33(29)39-34(31)23-37(32)40/h1-23,39H/i16D. The summed E-state index contributed by atoms with van der Waals surface area (Å²) >= 11 is 0. The number of fused-ring (bicyclic) bond motifs is 9. The molecule has 0 saturated carbocycles. The van der Waals surface area contributed by atoms with E-state index in [9.17, 15) is 0 Å². The van der Waals surface area contributed by atoms with Gasteiger partial charge in [0, 0.05) is 38.0 Å². The molecule has 9 rings (SSSR count). The third-order valence-electron chi connectivity index (χ3n) is 8.42. The molecule has 0 saturated heterocycles. The van der Waals surface area contributed by atoms with Gasteiger partial charge in [-0.25, -0.2) is 0 Å². The van der Waals surface area contributed by atoms with Crippen LogP contribution in [0.15, 0.2) is 140 Å². The van der Waals surface area contributed by atoms with Crippen molar-refractivity contribution in [3.63, 3.8) is 0 Å². The molecular weight excluding hydrogens is 484 g/mol. The molecule has 2 heteroatoms. The van der Waals surface area contributed by atoms with E-state index in [1.54, 1.807) is 0 Å². The van der Waals surface area contributed by atoms with Crippen LogP contribution in [0.4, 0.5) is 0 Å². The van der Waals surface area contributed by atoms with Crippen LogP contribution < -0.4 is 0 Å². The molecule has 0 unspecified atom stereocenters. The van der Waals surface area contributed by atoms with Crippen LogP contribution in [-0.2, 0) is 0 Å². The van der Waals surface area contributed by atoms with Gasteiger partial charge in [0.25, 0.3) is 0 Å². The van der Waals surface area contributed by atoms with Crippen molar-refractivity contribution in [2.75, 3.05) is 0 Å². The van der Waals surface area contributed by atoms with Gasteiger partial charge in [-0.1, -0.05) is 109 Å². The molecule has 2 aromatic heterocycles. The summed E-state index contributed by atoms with van der Waals surface area (Å²) in [4.78, 5) is 3.66. The number of nitrogens with one attached hydrogen (secondary N) is 1. The Hall–Kier alpha value is -5.34. The van der Waals surface area contributed by atoms with Crippen molar-refractivity contribution in [2.45, 2.75) is 0 Å². The minimum absolute atomic E-state index is 0.526. The molecule has 186 valence electrons. The molecule has 0 spiro atoms. The Morgan fingerprint density at radius 2 is 1.27 bits per heavy atom. The van der Waals surface area contributed by atoms with E-state index < -0.39 is 0 Å². The normalized spacial score (nSPS) is 12.3. The molecule has 2 nitrogen and oxygen atoms in total. The Balaban J connectivity index is 1.48. The fourth-order valence-corrected chi connectivity index (χ4v) is 6.65. The second-order valence-corrected chi connectivity index (χ2v) is 10.6. The number of hydrogen-bond donors (Lipinski definition) is 1. The van der Waals surface area contributed by atoms with Crippen LogP contribution in [0.5, 0.6) is 0 Å². The number of H-pyrrole nitrogens is 1. The molecule has 0 bridgehead atoms. The molecule has 7 aromatic carbocycles. The van der Waals surface area contributed by atoms with E-state index >= 15 is 0 Å². The fraction of sp³-hybridized carbons (Fsp3) is 0. The summed E-state index contributed by atoms with van der Waals surface area (Å²) in [5.74, 6) is 0. The summed E-state index contributed by atoms with van der Waals surface area (Å²) in [6.07, 6.45) is 0. The van der Waals surface area contributed by atoms with Crippen molar-refractivity contribution in [1.29, 1.82) is 0 Å². The smallest absolute Gasteiger partial charge is 0.0630 e. The number of para-hydroxylation sites is 1. The zero-order valence-corrected chi connectivity index (χ0v) is 21.6. The third-order valence-corrected chi connectivity index (χ3v) is 8.42. The van der Waals surface area contributed by atoms with Crippen molar-refractivity contribution >= 4 is 65.2 Å². The molecule has 0 amide bonds. The summed E-state index contributed by atoms with van der Waals surface area (Å²) in [5, 5.41) is 9.43. The first kappa shape index (κ1) is 20.6. The monoisotopic (exact) mass is 509 g/mol. The first-order chi connectivity index (χ1) is 20.3. The van der Waals surface area contributed by atoms with Crippen molar-refractivity contribution in [2.24, 2.45) is 0 Å². The van der Waals surface area contributed by atoms with Crippen LogP contribution in [0.3, 0.4) is 0 Å². The molecule has 9 aromatic rings. The van der Waals surface area contributed by atoms with Crippen LogP contribution in [-0.4, -0.2) is 9.55 Å². The number of hydrogen-bond acceptors (Lipinski definition) is 0. The molecular formula is C38H24N2. The van der Waals surface area contributed by atoms with E-state index in [1.807, 2.05) is 18.2 Å². The van der Waals surface area contributed by atoms with Crippen molar-refractivity contribution in [3.05, 3.63) is 140 Å². The lowest BCUT2D eigenvalue weighted by Gasteiger charge is -2.15. The highest BCUT2D eigenvalue weighted by atomic mass is 15.0. The van der Waals surface area contributed by atoms with Crippen LogP contribution in [0.25, 0.3) is 82.0 Å². The molecule has 40 heavy (non-hydrogen) atoms. The molecule has 1 N–H and O–H groups in total. The van der Waals surface area contributed by atoms with Crippen molar-refractivity contribution < 1.29 is 1.37 Å². The number of benzene rings is 7. The third kappa shape index (κ3) is 2.93. The molecule has 0 aliphatic heterocycles. The second kappa shape index (κ2) is 8.08. The highest BCUT2D eigenvalue weighted by Crippen LogP contribution is 2.42. The molecule has 0 aliphatic rings. The number of rotatable bonds is 2. The van der Waals surface area contributed by atoms with Gasteiger partial charge in [-0.3, -0.25) is 0 Å². The predicted octanol–water partition coefficient (Wildman–Crippen LogP) is 10.4. The summed E-state index contributed by atoms with van der Waals surface area (Å²) in [7, 11) is 0. The summed E-state index contributed by atoms with van der Waals surface area (Å²) in [6.45, 7) is 0. The quantitative estimate of drug-likeness (QED) is 0.239. The van der Waals surface area contributed by atoms with Crippen LogP contribution in [0.2, 0.25) is 0 Å². The first-order valence-electron chi connectivity index (χ1n) is 14.2. The first-order valence-corrected chi connectivity index (χ1v) is 13.7. The van der Waals surface area contributed by atoms with Crippen LogP contribution in [0.1, 0.15) is 1.37 Å². The Bertz CT molecular complexity index is 2480. The molecule has 0 aliphatic carbocycles. The zero-order chi connectivity index (χ0) is 27.1. The maximum absolute atomic E-state index is 9.10. The number of aromatic amines is 1. The second-order valence-electron chi connectivity index (χ2n) is 10.6. The van der Waals surface area contributed by atoms with E-state index in [1.165, 1.54) is 32.3 Å². The van der Waals surface area contributed by atoms with Gasteiger partial charge in [0.2, 0.25) is 0 Å². The summed E-state index contributed by atoms with van der Waals surface area (Å²) in [6, 6.07) is 47.8. The van der Waals surface area contributed by atoms with Crippen LogP contribution in [0, 0.1) is 0 Å². The lowest BCUT2D eigenvalue weighted by atomic mass is 9.97. The Kier molecular flexibility index (Phi) is 4.16. The van der Waals surface area contributed by atoms with Gasteiger partial charge in [0.1, 0.15) is 0 Å². The van der Waals surface area contributed by atoms with Gasteiger partial charge in [-0.15, -0.1) is 0 Å². The van der Waals surface area contributed by atoms with Gasteiger partial charge in [0.15, 0.2) is 0 Å². The van der Waals surface area contributed by atoms with E-state index in [2.05, 4.69) is 125 Å². The summed E-state index contributed by atoms with van der Waals surface area (Å²) in [5.41, 5.74) is 7.85. The Morgan fingerprint density at radius 1 is 0.500 bits per heavy atom. The Morgan fingerprint density at radius 3 is 2.20 bits per heavy atom. The van der Waals surface area contributed by atoms with Gasteiger partial charge in [-0.05, 0) is 57.6 Å². The lowest BCUT2D eigenvalue weighted by molar-refractivity contribution is 1.20. The average molecular weight is 510 g/mol. The maximum atomic E-state index is 9.10. The average Bonchev–Trinajstić information content (AvgIpc) is 3.55. The number of aromatic nitrogens is 2. The van der Waals surface area contributed by atoms with Crippen molar-refractivity contribution in [1.82, 2.24) is 9.55 Å². The molecule has 0 fully saturated rings. The zero-order valence-electron chi connectivity index (χ0n) is 22.6. The van der Waals surface area contributed by atoms with E-state index in [0.717, 1.165) is 49.7 Å². The fourth-order valence-electron chi connectivity index (χ4n) is 6.65. The minimum atomic E-state index is 0.526. The SMILES string of the molecule is [2H]c1cccc2c(-c3ccccc3)ccc(-n3c4cc5[nH]c6ccccc6c5cc4c4c5ccccc5ccc43)c12. The largest absolute Gasteiger partial charge is 0.354 e. The highest BCUT2D eigenvalue weighted by molar-refractivity contribution is 6.25. The lowest BCUT2D eigenvalue weighted by Crippen LogP contribution is -1.96. The van der Waals surface area contributed by atoms with Gasteiger partial charge >= 0.3 is 0 Å². The van der Waals surface area contributed by atoms with Gasteiger partial charge in [0.05, 0.1) is 18.1 Å². The van der Waals surface area contributed by atoms with Gasteiger partial charge in [-0.2, -0.15) is 0 Å². The van der Waals surface area contributed by atoms with Gasteiger partial charge < -0.3 is 9.55 Å². The van der Waals surface area contributed by atoms with Crippen molar-refractivity contribution in [3.8, 4) is 16.8 Å². The highest BCUT2D eigenvalue weighted by Gasteiger charge is 2.19. The maximum Gasteiger partial charge on any atom is 0.0630 e. The van der Waals surface area contributed by atoms with E-state index in [0.29, 0.717) is 6.04 Å². The molecule has 0 atom stereocenters. The molecule has 2 heterocycles. The summed E-state index contributed by atoms with van der Waals surface area (Å²) < 4.78 is 11.5. The predicted molar refractivity (Wildman–Crippen MR) is 171 cm³/mol. The topological polar surface area (TPSA) is 20.7 Å². The minimum Gasteiger partial charge on any atom is -0.354 e. The van der Waals surface area contributed by atoms with E-state index in [-0.39, 0.29) is 0 Å².